The zero-order valence-electron chi connectivity index (χ0n) is 23.7. The van der Waals surface area contributed by atoms with E-state index in [-0.39, 0.29) is 44.1 Å². The van der Waals surface area contributed by atoms with Crippen LogP contribution in [0.4, 0.5) is 10.2 Å². The number of para-hydroxylation sites is 1. The molecule has 1 heterocycles. The second-order valence-corrected chi connectivity index (χ2v) is 12.3. The summed E-state index contributed by atoms with van der Waals surface area (Å²) < 4.78 is 51.4. The van der Waals surface area contributed by atoms with E-state index in [0.717, 1.165) is 23.6 Å². The lowest BCUT2D eigenvalue weighted by Gasteiger charge is -2.24. The molecule has 0 unspecified atom stereocenters. The maximum absolute atomic E-state index is 14.1. The molecule has 13 heteroatoms. The van der Waals surface area contributed by atoms with Gasteiger partial charge in [0.05, 0.1) is 36.9 Å². The van der Waals surface area contributed by atoms with Gasteiger partial charge < -0.3 is 19.7 Å². The fraction of sp³-hybridized carbons (Fsp3) is 0.500. The Kier molecular flexibility index (Phi) is 10.9. The van der Waals surface area contributed by atoms with E-state index in [1.54, 1.807) is 37.3 Å². The van der Waals surface area contributed by atoms with Crippen molar-refractivity contribution in [3.05, 3.63) is 58.4 Å². The van der Waals surface area contributed by atoms with Crippen LogP contribution in [0.15, 0.2) is 46.9 Å². The smallest absolute Gasteiger partial charge is 0.380 e. The summed E-state index contributed by atoms with van der Waals surface area (Å²) in [6.07, 6.45) is 4.00. The minimum atomic E-state index is -3.98. The van der Waals surface area contributed by atoms with Crippen LogP contribution >= 0.6 is 7.60 Å². The summed E-state index contributed by atoms with van der Waals surface area (Å²) in [4.78, 5) is 40.0. The molecular formula is C28H37FN3O8P. The molecule has 0 radical (unpaired) electrons. The Balaban J connectivity index is 1.82. The summed E-state index contributed by atoms with van der Waals surface area (Å²) in [5.74, 6) is -2.77. The van der Waals surface area contributed by atoms with Crippen LogP contribution in [0.25, 0.3) is 6.20 Å². The van der Waals surface area contributed by atoms with Crippen molar-refractivity contribution in [3.63, 3.8) is 0 Å². The Hall–Kier alpha value is -3.50. The van der Waals surface area contributed by atoms with Crippen molar-refractivity contribution in [2.75, 3.05) is 31.7 Å². The molecule has 41 heavy (non-hydrogen) atoms. The van der Waals surface area contributed by atoms with Crippen molar-refractivity contribution >= 4 is 31.6 Å². The Labute approximate surface area is 238 Å². The van der Waals surface area contributed by atoms with Crippen LogP contribution < -0.4 is 15.9 Å². The van der Waals surface area contributed by atoms with Crippen molar-refractivity contribution in [3.8, 4) is 5.75 Å². The Morgan fingerprint density at radius 2 is 1.88 bits per heavy atom. The summed E-state index contributed by atoms with van der Waals surface area (Å²) in [6.45, 7) is 6.75. The van der Waals surface area contributed by atoms with Crippen LogP contribution in [-0.4, -0.2) is 47.5 Å². The van der Waals surface area contributed by atoms with Crippen molar-refractivity contribution in [2.45, 2.75) is 47.0 Å². The van der Waals surface area contributed by atoms with E-state index >= 15 is 0 Å². The molecule has 3 atom stereocenters. The number of carbonyl (C=O) groups excluding carboxylic acids is 2. The fourth-order valence-electron chi connectivity index (χ4n) is 4.05. The van der Waals surface area contributed by atoms with Crippen LogP contribution in [-0.2, 0) is 28.2 Å². The highest BCUT2D eigenvalue weighted by Crippen LogP contribution is 2.58. The highest BCUT2D eigenvalue weighted by Gasteiger charge is 2.52. The number of nitrogen functional groups attached to an aromatic ring is 1. The van der Waals surface area contributed by atoms with Crippen molar-refractivity contribution in [1.29, 1.82) is 0 Å². The Bertz CT molecular complexity index is 1360. The van der Waals surface area contributed by atoms with Gasteiger partial charge in [0.2, 0.25) is 0 Å². The molecule has 1 aliphatic carbocycles. The van der Waals surface area contributed by atoms with Gasteiger partial charge in [-0.25, -0.2) is 13.8 Å². The number of nitrogens with zero attached hydrogens (tertiary/aromatic N) is 2. The van der Waals surface area contributed by atoms with Crippen LogP contribution in [0.2, 0.25) is 0 Å². The number of hydrogen-bond acceptors (Lipinski definition) is 10. The first kappa shape index (κ1) is 32.0. The monoisotopic (exact) mass is 593 g/mol. The largest absolute Gasteiger partial charge is 0.465 e. The lowest BCUT2D eigenvalue weighted by molar-refractivity contribution is -0.149. The van der Waals surface area contributed by atoms with Gasteiger partial charge in [0.25, 0.3) is 0 Å². The van der Waals surface area contributed by atoms with Crippen LogP contribution in [0, 0.1) is 23.1 Å². The summed E-state index contributed by atoms with van der Waals surface area (Å²) in [5, 5.41) is 0. The van der Waals surface area contributed by atoms with Gasteiger partial charge in [0.1, 0.15) is 12.4 Å². The van der Waals surface area contributed by atoms with E-state index in [0.29, 0.717) is 5.57 Å². The third-order valence-corrected chi connectivity index (χ3v) is 8.91. The predicted octanol–water partition coefficient (Wildman–Crippen LogP) is 4.66. The Morgan fingerprint density at radius 1 is 1.20 bits per heavy atom. The maximum atomic E-state index is 14.1. The van der Waals surface area contributed by atoms with Crippen molar-refractivity contribution < 1.29 is 37.1 Å². The molecule has 1 aliphatic rings. The SMILES string of the molecule is CCC(CC)COC(=O)[C@H](C)C[P@](=O)(OC[C@@]1(COC(C)=O)C/C1=C/n1cc(F)c(N)nc1=O)Oc1ccccc1. The maximum Gasteiger partial charge on any atom is 0.380 e. The van der Waals surface area contributed by atoms with Gasteiger partial charge in [0.15, 0.2) is 11.6 Å². The molecule has 0 spiro atoms. The number of ether oxygens (including phenoxy) is 2. The van der Waals surface area contributed by atoms with Gasteiger partial charge in [-0.3, -0.25) is 18.7 Å². The first-order valence-electron chi connectivity index (χ1n) is 13.4. The molecule has 224 valence electrons. The van der Waals surface area contributed by atoms with E-state index in [1.807, 2.05) is 13.8 Å². The molecule has 11 nitrogen and oxygen atoms in total. The number of halogens is 1. The molecule has 2 N–H and O–H groups in total. The van der Waals surface area contributed by atoms with Gasteiger partial charge >= 0.3 is 25.2 Å². The molecule has 0 aliphatic heterocycles. The Morgan fingerprint density at radius 3 is 2.51 bits per heavy atom. The third-order valence-electron chi connectivity index (χ3n) is 6.91. The molecule has 0 saturated heterocycles. The lowest BCUT2D eigenvalue weighted by atomic mass is 10.1. The van der Waals surface area contributed by atoms with Gasteiger partial charge in [0, 0.05) is 13.1 Å². The van der Waals surface area contributed by atoms with Crippen LogP contribution in [0.1, 0.15) is 47.0 Å². The van der Waals surface area contributed by atoms with Gasteiger partial charge in [-0.2, -0.15) is 4.98 Å². The molecule has 0 bridgehead atoms. The highest BCUT2D eigenvalue weighted by molar-refractivity contribution is 7.54. The van der Waals surface area contributed by atoms with Gasteiger partial charge in [-0.05, 0) is 30.0 Å². The minimum Gasteiger partial charge on any atom is -0.465 e. The van der Waals surface area contributed by atoms with Gasteiger partial charge in [-0.1, -0.05) is 51.8 Å². The van der Waals surface area contributed by atoms with E-state index in [4.69, 9.17) is 24.3 Å². The van der Waals surface area contributed by atoms with E-state index in [1.165, 1.54) is 13.1 Å². The second kappa shape index (κ2) is 13.9. The van der Waals surface area contributed by atoms with Crippen molar-refractivity contribution in [2.24, 2.45) is 17.3 Å². The zero-order valence-corrected chi connectivity index (χ0v) is 24.6. The second-order valence-electron chi connectivity index (χ2n) is 10.2. The van der Waals surface area contributed by atoms with E-state index in [9.17, 15) is 23.3 Å². The molecule has 1 aromatic heterocycles. The zero-order chi connectivity index (χ0) is 30.2. The van der Waals surface area contributed by atoms with Crippen LogP contribution in [0.5, 0.6) is 5.75 Å². The number of benzene rings is 1. The molecule has 0 amide bonds. The summed E-state index contributed by atoms with van der Waals surface area (Å²) in [7, 11) is -3.98. The normalized spacial score (nSPS) is 19.4. The average Bonchev–Trinajstić information content (AvgIpc) is 3.62. The summed E-state index contributed by atoms with van der Waals surface area (Å²) in [5.41, 5.74) is 4.17. The molecular weight excluding hydrogens is 556 g/mol. The molecule has 1 saturated carbocycles. The summed E-state index contributed by atoms with van der Waals surface area (Å²) >= 11 is 0. The average molecular weight is 594 g/mol. The topological polar surface area (TPSA) is 149 Å². The fourth-order valence-corrected chi connectivity index (χ4v) is 5.99. The standard InChI is InChI=1S/C28H37FN3O8P/c1-5-21(6-2)15-37-26(34)19(3)16-41(36,40-23-10-8-7-9-11-23)39-18-28(17-38-20(4)33)12-22(28)13-32-14-24(29)25(30)31-27(32)35/h7-11,13-14,19,21H,5-6,12,15-18H2,1-4H3,(H2,30,31,35)/b22-13-/t19-,28+,41+/m1/s1. The first-order valence-corrected chi connectivity index (χ1v) is 15.2. The number of esters is 2. The minimum absolute atomic E-state index is 0.147. The van der Waals surface area contributed by atoms with Gasteiger partial charge in [-0.15, -0.1) is 0 Å². The molecule has 2 aromatic rings. The van der Waals surface area contributed by atoms with E-state index in [2.05, 4.69) is 4.98 Å². The number of rotatable bonds is 15. The number of aromatic nitrogens is 2. The molecule has 1 aromatic carbocycles. The van der Waals surface area contributed by atoms with Crippen LogP contribution in [0.3, 0.4) is 0 Å². The van der Waals surface area contributed by atoms with Crippen molar-refractivity contribution in [1.82, 2.24) is 9.55 Å². The highest BCUT2D eigenvalue weighted by atomic mass is 31.2. The number of nitrogens with two attached hydrogens (primary N) is 1. The quantitative estimate of drug-likeness (QED) is 0.228. The lowest BCUT2D eigenvalue weighted by Crippen LogP contribution is -2.25. The molecule has 3 rings (SSSR count). The summed E-state index contributed by atoms with van der Waals surface area (Å²) in [6, 6.07) is 8.39. The van der Waals surface area contributed by atoms with E-state index < -0.39 is 48.2 Å². The number of carbonyl (C=O) groups is 2. The predicted molar refractivity (Wildman–Crippen MR) is 151 cm³/mol. The third kappa shape index (κ3) is 8.99. The molecule has 1 fully saturated rings. The first-order chi connectivity index (χ1) is 19.4. The number of anilines is 1. The number of hydrogen-bond donors (Lipinski definition) is 1.